The van der Waals surface area contributed by atoms with Crippen molar-refractivity contribution in [1.29, 1.82) is 0 Å². The average Bonchev–Trinajstić information content (AvgIpc) is 2.35. The molecule has 1 aliphatic rings. The van der Waals surface area contributed by atoms with Crippen LogP contribution in [0, 0.1) is 5.92 Å². The quantitative estimate of drug-likeness (QED) is 0.776. The fourth-order valence-corrected chi connectivity index (χ4v) is 3.12. The Bertz CT molecular complexity index is 384. The van der Waals surface area contributed by atoms with Gasteiger partial charge in [0.15, 0.2) is 0 Å². The molecular formula is C15H23ClN2. The van der Waals surface area contributed by atoms with E-state index < -0.39 is 0 Å². The van der Waals surface area contributed by atoms with Crippen molar-refractivity contribution < 1.29 is 0 Å². The van der Waals surface area contributed by atoms with E-state index in [4.69, 9.17) is 17.3 Å². The molecule has 2 rings (SSSR count). The summed E-state index contributed by atoms with van der Waals surface area (Å²) >= 11 is 6.18. The number of benzene rings is 1. The van der Waals surface area contributed by atoms with Crippen LogP contribution in [-0.2, 0) is 0 Å². The largest absolute Gasteiger partial charge is 0.399 e. The fraction of sp³-hybridized carbons (Fsp3) is 0.600. The van der Waals surface area contributed by atoms with E-state index in [9.17, 15) is 0 Å². The Kier molecular flexibility index (Phi) is 4.76. The fourth-order valence-electron chi connectivity index (χ4n) is 2.87. The molecule has 3 N–H and O–H groups in total. The number of hydrogen-bond acceptors (Lipinski definition) is 2. The first kappa shape index (κ1) is 13.5. The zero-order valence-electron chi connectivity index (χ0n) is 11.1. The third kappa shape index (κ3) is 3.55. The molecule has 1 saturated carbocycles. The van der Waals surface area contributed by atoms with Gasteiger partial charge in [-0.05, 0) is 49.8 Å². The maximum absolute atomic E-state index is 6.18. The third-order valence-corrected chi connectivity index (χ3v) is 4.21. The summed E-state index contributed by atoms with van der Waals surface area (Å²) in [5, 5.41) is 4.28. The van der Waals surface area contributed by atoms with E-state index in [1.165, 1.54) is 38.5 Å². The number of halogens is 1. The zero-order valence-corrected chi connectivity index (χ0v) is 11.8. The van der Waals surface area contributed by atoms with Crippen molar-refractivity contribution in [2.45, 2.75) is 51.5 Å². The molecule has 3 heteroatoms. The van der Waals surface area contributed by atoms with Crippen molar-refractivity contribution in [3.63, 3.8) is 0 Å². The Morgan fingerprint density at radius 3 is 2.61 bits per heavy atom. The number of anilines is 2. The lowest BCUT2D eigenvalue weighted by Crippen LogP contribution is -2.26. The summed E-state index contributed by atoms with van der Waals surface area (Å²) in [6, 6.07) is 6.26. The molecule has 0 unspecified atom stereocenters. The van der Waals surface area contributed by atoms with Gasteiger partial charge in [0.1, 0.15) is 0 Å². The molecule has 0 aromatic heterocycles. The highest BCUT2D eigenvalue weighted by Gasteiger charge is 2.20. The average molecular weight is 267 g/mol. The Balaban J connectivity index is 1.87. The van der Waals surface area contributed by atoms with Gasteiger partial charge in [-0.25, -0.2) is 0 Å². The topological polar surface area (TPSA) is 38.0 Å². The van der Waals surface area contributed by atoms with Crippen LogP contribution >= 0.6 is 11.6 Å². The Morgan fingerprint density at radius 2 is 2.00 bits per heavy atom. The summed E-state index contributed by atoms with van der Waals surface area (Å²) in [4.78, 5) is 0. The van der Waals surface area contributed by atoms with Gasteiger partial charge in [-0.1, -0.05) is 31.4 Å². The summed E-state index contributed by atoms with van der Waals surface area (Å²) in [6.45, 7) is 2.28. The van der Waals surface area contributed by atoms with E-state index in [1.54, 1.807) is 0 Å². The SMILES string of the molecule is CCCC1CCC(Nc2ccc(N)cc2Cl)CC1. The lowest BCUT2D eigenvalue weighted by atomic mass is 9.83. The Hall–Kier alpha value is -0.890. The molecule has 0 heterocycles. The summed E-state index contributed by atoms with van der Waals surface area (Å²) in [7, 11) is 0. The number of hydrogen-bond donors (Lipinski definition) is 2. The second kappa shape index (κ2) is 6.33. The molecule has 1 aliphatic carbocycles. The number of rotatable bonds is 4. The maximum atomic E-state index is 6.18. The van der Waals surface area contributed by atoms with Gasteiger partial charge < -0.3 is 11.1 Å². The van der Waals surface area contributed by atoms with Crippen LogP contribution in [-0.4, -0.2) is 6.04 Å². The number of nitrogens with one attached hydrogen (secondary N) is 1. The van der Waals surface area contributed by atoms with Crippen molar-refractivity contribution in [1.82, 2.24) is 0 Å². The molecule has 2 nitrogen and oxygen atoms in total. The molecule has 0 radical (unpaired) electrons. The monoisotopic (exact) mass is 266 g/mol. The molecule has 0 atom stereocenters. The van der Waals surface area contributed by atoms with Gasteiger partial charge in [0.2, 0.25) is 0 Å². The van der Waals surface area contributed by atoms with E-state index in [0.717, 1.165) is 22.3 Å². The molecular weight excluding hydrogens is 244 g/mol. The summed E-state index contributed by atoms with van der Waals surface area (Å²) in [6.07, 6.45) is 7.90. The van der Waals surface area contributed by atoms with Crippen molar-refractivity contribution >= 4 is 23.0 Å². The third-order valence-electron chi connectivity index (χ3n) is 3.90. The molecule has 1 fully saturated rings. The second-order valence-corrected chi connectivity index (χ2v) is 5.80. The van der Waals surface area contributed by atoms with Crippen LogP contribution in [0.4, 0.5) is 11.4 Å². The minimum Gasteiger partial charge on any atom is -0.399 e. The molecule has 0 bridgehead atoms. The van der Waals surface area contributed by atoms with Gasteiger partial charge in [-0.15, -0.1) is 0 Å². The van der Waals surface area contributed by atoms with Crippen molar-refractivity contribution in [2.24, 2.45) is 5.92 Å². The minimum absolute atomic E-state index is 0.569. The second-order valence-electron chi connectivity index (χ2n) is 5.39. The van der Waals surface area contributed by atoms with Crippen LogP contribution in [0.3, 0.4) is 0 Å². The van der Waals surface area contributed by atoms with Gasteiger partial charge in [-0.2, -0.15) is 0 Å². The van der Waals surface area contributed by atoms with Crippen molar-refractivity contribution in [2.75, 3.05) is 11.1 Å². The van der Waals surface area contributed by atoms with E-state index in [0.29, 0.717) is 6.04 Å². The highest BCUT2D eigenvalue weighted by Crippen LogP contribution is 2.31. The van der Waals surface area contributed by atoms with Crippen LogP contribution in [0.5, 0.6) is 0 Å². The maximum Gasteiger partial charge on any atom is 0.0658 e. The van der Waals surface area contributed by atoms with Crippen LogP contribution in [0.15, 0.2) is 18.2 Å². The summed E-state index contributed by atoms with van der Waals surface area (Å²) < 4.78 is 0. The van der Waals surface area contributed by atoms with Gasteiger partial charge in [-0.3, -0.25) is 0 Å². The van der Waals surface area contributed by atoms with Crippen LogP contribution < -0.4 is 11.1 Å². The van der Waals surface area contributed by atoms with Crippen LogP contribution in [0.2, 0.25) is 5.02 Å². The van der Waals surface area contributed by atoms with E-state index in [2.05, 4.69) is 12.2 Å². The smallest absolute Gasteiger partial charge is 0.0658 e. The molecule has 0 spiro atoms. The first-order valence-corrected chi connectivity index (χ1v) is 7.38. The van der Waals surface area contributed by atoms with Crippen LogP contribution in [0.25, 0.3) is 0 Å². The van der Waals surface area contributed by atoms with Gasteiger partial charge in [0.05, 0.1) is 10.7 Å². The predicted octanol–water partition coefficient (Wildman–Crippen LogP) is 4.69. The molecule has 1 aromatic carbocycles. The standard InChI is InChI=1S/C15H23ClN2/c1-2-3-11-4-7-13(8-5-11)18-15-9-6-12(17)10-14(15)16/h6,9-11,13,18H,2-5,7-8,17H2,1H3. The molecule has 100 valence electrons. The molecule has 0 aliphatic heterocycles. The molecule has 0 saturated heterocycles. The number of nitrogen functional groups attached to an aromatic ring is 1. The van der Waals surface area contributed by atoms with E-state index in [-0.39, 0.29) is 0 Å². The summed E-state index contributed by atoms with van der Waals surface area (Å²) in [5.41, 5.74) is 7.44. The van der Waals surface area contributed by atoms with Crippen molar-refractivity contribution in [3.05, 3.63) is 23.2 Å². The normalized spacial score (nSPS) is 23.9. The molecule has 18 heavy (non-hydrogen) atoms. The zero-order chi connectivity index (χ0) is 13.0. The van der Waals surface area contributed by atoms with Gasteiger partial charge >= 0.3 is 0 Å². The van der Waals surface area contributed by atoms with Gasteiger partial charge in [0, 0.05) is 11.7 Å². The Morgan fingerprint density at radius 1 is 1.28 bits per heavy atom. The highest BCUT2D eigenvalue weighted by molar-refractivity contribution is 6.33. The van der Waals surface area contributed by atoms with Crippen LogP contribution in [0.1, 0.15) is 45.4 Å². The number of nitrogens with two attached hydrogens (primary N) is 1. The van der Waals surface area contributed by atoms with Gasteiger partial charge in [0.25, 0.3) is 0 Å². The first-order chi connectivity index (χ1) is 8.69. The minimum atomic E-state index is 0.569. The summed E-state index contributed by atoms with van der Waals surface area (Å²) in [5.74, 6) is 0.940. The Labute approximate surface area is 115 Å². The van der Waals surface area contributed by atoms with E-state index in [1.807, 2.05) is 18.2 Å². The predicted molar refractivity (Wildman–Crippen MR) is 80.1 cm³/mol. The van der Waals surface area contributed by atoms with Crippen molar-refractivity contribution in [3.8, 4) is 0 Å². The highest BCUT2D eigenvalue weighted by atomic mass is 35.5. The first-order valence-electron chi connectivity index (χ1n) is 7.00. The molecule has 1 aromatic rings. The lowest BCUT2D eigenvalue weighted by Gasteiger charge is -2.30. The molecule has 0 amide bonds. The lowest BCUT2D eigenvalue weighted by molar-refractivity contribution is 0.319. The van der Waals surface area contributed by atoms with E-state index >= 15 is 0 Å².